The lowest BCUT2D eigenvalue weighted by Gasteiger charge is -2.35. The van der Waals surface area contributed by atoms with Crippen molar-refractivity contribution in [2.75, 3.05) is 39.3 Å². The fourth-order valence-electron chi connectivity index (χ4n) is 3.91. The van der Waals surface area contributed by atoms with E-state index in [-0.39, 0.29) is 17.7 Å². The predicted octanol–water partition coefficient (Wildman–Crippen LogP) is 2.21. The van der Waals surface area contributed by atoms with Crippen LogP contribution in [-0.2, 0) is 9.59 Å². The summed E-state index contributed by atoms with van der Waals surface area (Å²) in [6, 6.07) is 7.23. The second-order valence-electron chi connectivity index (χ2n) is 7.52. The van der Waals surface area contributed by atoms with Crippen molar-refractivity contribution >= 4 is 29.3 Å². The average molecular weight is 431 g/mol. The molecule has 0 spiro atoms. The molecule has 9 heteroatoms. The highest BCUT2D eigenvalue weighted by molar-refractivity contribution is 6.33. The number of rotatable bonds is 5. The number of benzene rings is 1. The molecule has 30 heavy (non-hydrogen) atoms. The first-order valence-corrected chi connectivity index (χ1v) is 10.4. The molecule has 0 atom stereocenters. The number of aryl methyl sites for hydroxylation is 1. The Hall–Kier alpha value is -2.71. The third-order valence-corrected chi connectivity index (χ3v) is 5.99. The largest absolute Gasteiger partial charge is 0.360 e. The molecule has 0 N–H and O–H groups in total. The molecule has 2 aliphatic rings. The molecule has 158 valence electrons. The lowest BCUT2D eigenvalue weighted by Crippen LogP contribution is -2.50. The Labute approximate surface area is 179 Å². The van der Waals surface area contributed by atoms with Crippen LogP contribution in [0.5, 0.6) is 0 Å². The SMILES string of the molecule is Cc1onc(-c2ccccc2Cl)c1C(=O)N1CCN(CCN2C(=O)CCC2=O)CC1. The Morgan fingerprint density at radius 2 is 1.73 bits per heavy atom. The van der Waals surface area contributed by atoms with Crippen molar-refractivity contribution < 1.29 is 18.9 Å². The van der Waals surface area contributed by atoms with Crippen LogP contribution < -0.4 is 0 Å². The van der Waals surface area contributed by atoms with E-state index in [1.54, 1.807) is 17.9 Å². The minimum Gasteiger partial charge on any atom is -0.360 e. The molecule has 1 aromatic heterocycles. The van der Waals surface area contributed by atoms with E-state index in [0.717, 1.165) is 0 Å². The van der Waals surface area contributed by atoms with Gasteiger partial charge in [-0.05, 0) is 13.0 Å². The highest BCUT2D eigenvalue weighted by Crippen LogP contribution is 2.31. The maximum atomic E-state index is 13.2. The zero-order valence-electron chi connectivity index (χ0n) is 16.8. The fraction of sp³-hybridized carbons (Fsp3) is 0.429. The molecule has 4 rings (SSSR count). The van der Waals surface area contributed by atoms with Gasteiger partial charge in [0, 0.05) is 57.7 Å². The van der Waals surface area contributed by atoms with E-state index in [1.165, 1.54) is 4.90 Å². The van der Waals surface area contributed by atoms with Crippen LogP contribution in [0, 0.1) is 6.92 Å². The van der Waals surface area contributed by atoms with Crippen LogP contribution in [0.4, 0.5) is 0 Å². The monoisotopic (exact) mass is 430 g/mol. The second-order valence-corrected chi connectivity index (χ2v) is 7.92. The minimum atomic E-state index is -0.131. The van der Waals surface area contributed by atoms with Crippen molar-refractivity contribution in [3.05, 3.63) is 40.6 Å². The quantitative estimate of drug-likeness (QED) is 0.676. The maximum Gasteiger partial charge on any atom is 0.259 e. The van der Waals surface area contributed by atoms with Crippen LogP contribution >= 0.6 is 11.6 Å². The standard InChI is InChI=1S/C21H23ClN4O4/c1-14-19(20(23-30-14)15-4-2-3-5-16(15)22)21(29)25-11-8-24(9-12-25)10-13-26-17(27)6-7-18(26)28/h2-5H,6-13H2,1H3. The molecule has 3 heterocycles. The van der Waals surface area contributed by atoms with Gasteiger partial charge in [-0.3, -0.25) is 24.2 Å². The molecule has 1 aromatic carbocycles. The molecule has 3 amide bonds. The number of halogens is 1. The summed E-state index contributed by atoms with van der Waals surface area (Å²) in [4.78, 5) is 42.0. The molecule has 0 bridgehead atoms. The molecule has 2 aromatic rings. The van der Waals surface area contributed by atoms with Gasteiger partial charge in [-0.2, -0.15) is 0 Å². The number of nitrogens with zero attached hydrogens (tertiary/aromatic N) is 4. The smallest absolute Gasteiger partial charge is 0.259 e. The van der Waals surface area contributed by atoms with Gasteiger partial charge in [-0.15, -0.1) is 0 Å². The molecule has 2 aliphatic heterocycles. The third-order valence-electron chi connectivity index (χ3n) is 5.66. The number of imide groups is 1. The maximum absolute atomic E-state index is 13.2. The topological polar surface area (TPSA) is 87.0 Å². The summed E-state index contributed by atoms with van der Waals surface area (Å²) in [6.07, 6.45) is 0.625. The molecule has 2 fully saturated rings. The van der Waals surface area contributed by atoms with Crippen LogP contribution in [0.3, 0.4) is 0 Å². The lowest BCUT2D eigenvalue weighted by molar-refractivity contribution is -0.138. The number of hydrogen-bond acceptors (Lipinski definition) is 6. The van der Waals surface area contributed by atoms with Gasteiger partial charge < -0.3 is 9.42 Å². The Balaban J connectivity index is 1.39. The van der Waals surface area contributed by atoms with Gasteiger partial charge in [-0.25, -0.2) is 0 Å². The van der Waals surface area contributed by atoms with E-state index in [1.807, 2.05) is 18.2 Å². The summed E-state index contributed by atoms with van der Waals surface area (Å²) in [5.41, 5.74) is 1.55. The number of hydrogen-bond donors (Lipinski definition) is 0. The number of aromatic nitrogens is 1. The van der Waals surface area contributed by atoms with Gasteiger partial charge in [0.2, 0.25) is 11.8 Å². The molecular weight excluding hydrogens is 408 g/mol. The zero-order chi connectivity index (χ0) is 21.3. The summed E-state index contributed by atoms with van der Waals surface area (Å²) < 4.78 is 5.32. The summed E-state index contributed by atoms with van der Waals surface area (Å²) in [6.45, 7) is 5.20. The van der Waals surface area contributed by atoms with E-state index in [4.69, 9.17) is 16.1 Å². The Bertz CT molecular complexity index is 965. The third kappa shape index (κ3) is 3.97. The van der Waals surface area contributed by atoms with Crippen molar-refractivity contribution in [1.82, 2.24) is 19.9 Å². The summed E-state index contributed by atoms with van der Waals surface area (Å²) in [5.74, 6) is 0.143. The Morgan fingerprint density at radius 3 is 2.40 bits per heavy atom. The number of piperazine rings is 1. The van der Waals surface area contributed by atoms with Crippen LogP contribution in [0.1, 0.15) is 29.0 Å². The summed E-state index contributed by atoms with van der Waals surface area (Å²) in [7, 11) is 0. The van der Waals surface area contributed by atoms with Crippen LogP contribution in [0.25, 0.3) is 11.3 Å². The average Bonchev–Trinajstić information content (AvgIpc) is 3.28. The van der Waals surface area contributed by atoms with E-state index in [2.05, 4.69) is 10.1 Å². The first-order chi connectivity index (χ1) is 14.5. The van der Waals surface area contributed by atoms with Crippen molar-refractivity contribution in [2.24, 2.45) is 0 Å². The Morgan fingerprint density at radius 1 is 1.07 bits per heavy atom. The van der Waals surface area contributed by atoms with Gasteiger partial charge in [0.25, 0.3) is 5.91 Å². The van der Waals surface area contributed by atoms with Crippen molar-refractivity contribution in [1.29, 1.82) is 0 Å². The number of amides is 3. The van der Waals surface area contributed by atoms with Gasteiger partial charge in [0.1, 0.15) is 17.0 Å². The zero-order valence-corrected chi connectivity index (χ0v) is 17.5. The lowest BCUT2D eigenvalue weighted by atomic mass is 10.0. The second kappa shape index (κ2) is 8.57. The van der Waals surface area contributed by atoms with E-state index in [0.29, 0.717) is 79.7 Å². The van der Waals surface area contributed by atoms with E-state index >= 15 is 0 Å². The molecule has 2 saturated heterocycles. The molecule has 0 unspecified atom stereocenters. The van der Waals surface area contributed by atoms with Gasteiger partial charge in [0.15, 0.2) is 0 Å². The molecule has 0 aliphatic carbocycles. The van der Waals surface area contributed by atoms with Crippen molar-refractivity contribution in [3.63, 3.8) is 0 Å². The summed E-state index contributed by atoms with van der Waals surface area (Å²) in [5, 5.41) is 4.59. The summed E-state index contributed by atoms with van der Waals surface area (Å²) >= 11 is 6.29. The van der Waals surface area contributed by atoms with Crippen molar-refractivity contribution in [2.45, 2.75) is 19.8 Å². The van der Waals surface area contributed by atoms with Gasteiger partial charge in [0.05, 0.1) is 5.02 Å². The van der Waals surface area contributed by atoms with Gasteiger partial charge in [-0.1, -0.05) is 35.0 Å². The van der Waals surface area contributed by atoms with Crippen molar-refractivity contribution in [3.8, 4) is 11.3 Å². The van der Waals surface area contributed by atoms with Crippen LogP contribution in [0.15, 0.2) is 28.8 Å². The van der Waals surface area contributed by atoms with Crippen LogP contribution in [0.2, 0.25) is 5.02 Å². The molecule has 8 nitrogen and oxygen atoms in total. The molecular formula is C21H23ClN4O4. The highest BCUT2D eigenvalue weighted by Gasteiger charge is 2.31. The predicted molar refractivity (Wildman–Crippen MR) is 110 cm³/mol. The van der Waals surface area contributed by atoms with Crippen LogP contribution in [-0.4, -0.2) is 76.8 Å². The minimum absolute atomic E-state index is 0.0937. The first kappa shape index (κ1) is 20.6. The normalized spacial score (nSPS) is 17.8. The highest BCUT2D eigenvalue weighted by atomic mass is 35.5. The first-order valence-electron chi connectivity index (χ1n) is 10.0. The number of carbonyl (C=O) groups is 3. The van der Waals surface area contributed by atoms with E-state index in [9.17, 15) is 14.4 Å². The molecule has 0 radical (unpaired) electrons. The number of carbonyl (C=O) groups excluding carboxylic acids is 3. The Kier molecular flexibility index (Phi) is 5.87. The number of likely N-dealkylation sites (tertiary alicyclic amines) is 1. The van der Waals surface area contributed by atoms with E-state index < -0.39 is 0 Å². The molecule has 0 saturated carbocycles. The fourth-order valence-corrected chi connectivity index (χ4v) is 4.13. The van der Waals surface area contributed by atoms with Gasteiger partial charge >= 0.3 is 0 Å².